The zero-order valence-electron chi connectivity index (χ0n) is 16.2. The summed E-state index contributed by atoms with van der Waals surface area (Å²) in [5.41, 5.74) is 1.59. The molecule has 3 atom stereocenters. The highest BCUT2D eigenvalue weighted by molar-refractivity contribution is 9.10. The van der Waals surface area contributed by atoms with Crippen LogP contribution in [0.2, 0.25) is 0 Å². The Morgan fingerprint density at radius 1 is 1.17 bits per heavy atom. The Hall–Kier alpha value is -1.84. The fraction of sp³-hybridized carbons (Fsp3) is 0.333. The van der Waals surface area contributed by atoms with Gasteiger partial charge in [-0.3, -0.25) is 4.79 Å². The molecule has 2 fully saturated rings. The Kier molecular flexibility index (Phi) is 5.37. The second-order valence-corrected chi connectivity index (χ2v) is 10.7. The van der Waals surface area contributed by atoms with E-state index in [9.17, 15) is 4.79 Å². The molecule has 6 nitrogen and oxygen atoms in total. The number of hydrogen-bond donors (Lipinski definition) is 1. The maximum absolute atomic E-state index is 13.6. The molecule has 5 rings (SSSR count). The van der Waals surface area contributed by atoms with Crippen LogP contribution >= 0.6 is 43.2 Å². The van der Waals surface area contributed by atoms with Crippen LogP contribution in [0.1, 0.15) is 28.3 Å². The summed E-state index contributed by atoms with van der Waals surface area (Å²) >= 11 is 8.40. The molecular formula is C21H19Br2N5OS. The number of thiazole rings is 1. The summed E-state index contributed by atoms with van der Waals surface area (Å²) in [6.07, 6.45) is 5.53. The molecule has 0 bridgehead atoms. The predicted molar refractivity (Wildman–Crippen MR) is 125 cm³/mol. The van der Waals surface area contributed by atoms with Gasteiger partial charge in [0, 0.05) is 29.5 Å². The summed E-state index contributed by atoms with van der Waals surface area (Å²) in [6, 6.07) is 8.50. The van der Waals surface area contributed by atoms with Crippen LogP contribution in [0.3, 0.4) is 0 Å². The average molecular weight is 549 g/mol. The Morgan fingerprint density at radius 3 is 2.63 bits per heavy atom. The second kappa shape index (κ2) is 8.01. The summed E-state index contributed by atoms with van der Waals surface area (Å²) in [7, 11) is 0. The third-order valence-electron chi connectivity index (χ3n) is 5.60. The fourth-order valence-electron chi connectivity index (χ4n) is 4.16. The highest BCUT2D eigenvalue weighted by Gasteiger charge is 2.54. The minimum Gasteiger partial charge on any atom is -0.352 e. The summed E-state index contributed by atoms with van der Waals surface area (Å²) in [5, 5.41) is 4.19. The van der Waals surface area contributed by atoms with Gasteiger partial charge in [0.2, 0.25) is 5.95 Å². The van der Waals surface area contributed by atoms with E-state index in [0.29, 0.717) is 30.1 Å². The molecule has 1 saturated heterocycles. The summed E-state index contributed by atoms with van der Waals surface area (Å²) < 4.78 is 1.85. The lowest BCUT2D eigenvalue weighted by Crippen LogP contribution is -2.42. The van der Waals surface area contributed by atoms with Crippen molar-refractivity contribution in [3.05, 3.63) is 56.3 Å². The third kappa shape index (κ3) is 3.90. The first-order chi connectivity index (χ1) is 14.5. The van der Waals surface area contributed by atoms with Gasteiger partial charge in [0.15, 0.2) is 0 Å². The largest absolute Gasteiger partial charge is 0.352 e. The topological polar surface area (TPSA) is 71.0 Å². The lowest BCUT2D eigenvalue weighted by Gasteiger charge is -2.27. The molecule has 30 heavy (non-hydrogen) atoms. The molecule has 1 N–H and O–H groups in total. The number of anilines is 1. The van der Waals surface area contributed by atoms with Gasteiger partial charge in [-0.05, 0) is 59.3 Å². The zero-order valence-corrected chi connectivity index (χ0v) is 20.2. The number of halogens is 2. The van der Waals surface area contributed by atoms with Crippen molar-refractivity contribution in [2.45, 2.75) is 31.8 Å². The first-order valence-corrected chi connectivity index (χ1v) is 12.2. The van der Waals surface area contributed by atoms with Crippen molar-refractivity contribution in [2.75, 3.05) is 11.9 Å². The molecule has 0 spiro atoms. The number of nitrogens with zero attached hydrogens (tertiary/aromatic N) is 4. The van der Waals surface area contributed by atoms with Gasteiger partial charge in [0.25, 0.3) is 5.91 Å². The quantitative estimate of drug-likeness (QED) is 0.477. The van der Waals surface area contributed by atoms with Crippen LogP contribution in [0, 0.1) is 12.8 Å². The van der Waals surface area contributed by atoms with Crippen LogP contribution in [0.15, 0.2) is 45.6 Å². The number of amides is 1. The van der Waals surface area contributed by atoms with E-state index in [1.807, 2.05) is 36.1 Å². The van der Waals surface area contributed by atoms with E-state index in [-0.39, 0.29) is 11.9 Å². The summed E-state index contributed by atoms with van der Waals surface area (Å²) in [4.78, 5) is 29.8. The van der Waals surface area contributed by atoms with Crippen molar-refractivity contribution in [1.82, 2.24) is 19.9 Å². The number of carbonyl (C=O) groups excluding carboxylic acids is 1. The number of benzene rings is 1. The highest BCUT2D eigenvalue weighted by Crippen LogP contribution is 2.49. The molecule has 0 unspecified atom stereocenters. The Labute approximate surface area is 195 Å². The first-order valence-electron chi connectivity index (χ1n) is 9.77. The van der Waals surface area contributed by atoms with Gasteiger partial charge >= 0.3 is 0 Å². The van der Waals surface area contributed by atoms with Gasteiger partial charge in [-0.2, -0.15) is 0 Å². The van der Waals surface area contributed by atoms with Crippen molar-refractivity contribution < 1.29 is 4.79 Å². The van der Waals surface area contributed by atoms with Crippen LogP contribution in [-0.4, -0.2) is 44.4 Å². The van der Waals surface area contributed by atoms with E-state index in [1.165, 1.54) is 0 Å². The third-order valence-corrected chi connectivity index (χ3v) is 7.56. The van der Waals surface area contributed by atoms with Gasteiger partial charge in [-0.25, -0.2) is 15.0 Å². The van der Waals surface area contributed by atoms with Crippen LogP contribution in [-0.2, 0) is 0 Å². The van der Waals surface area contributed by atoms with Crippen molar-refractivity contribution in [3.8, 4) is 10.4 Å². The number of hydrogen-bond acceptors (Lipinski definition) is 6. The van der Waals surface area contributed by atoms with Gasteiger partial charge in [-0.1, -0.05) is 28.1 Å². The molecule has 2 aliphatic rings. The number of carbonyl (C=O) groups is 1. The van der Waals surface area contributed by atoms with Crippen molar-refractivity contribution in [2.24, 2.45) is 5.92 Å². The van der Waals surface area contributed by atoms with Crippen LogP contribution in [0.5, 0.6) is 0 Å². The van der Waals surface area contributed by atoms with E-state index in [1.54, 1.807) is 23.7 Å². The maximum Gasteiger partial charge on any atom is 0.274 e. The van der Waals surface area contributed by atoms with Crippen molar-refractivity contribution >= 4 is 55.1 Å². The molecule has 1 amide bonds. The Bertz CT molecular complexity index is 1090. The van der Waals surface area contributed by atoms with Crippen molar-refractivity contribution in [3.63, 3.8) is 0 Å². The van der Waals surface area contributed by atoms with E-state index >= 15 is 0 Å². The Balaban J connectivity index is 1.38. The molecule has 1 aliphatic heterocycles. The standard InChI is InChI=1S/C21H19Br2N5OS/c1-11-27-18(19(30-11)12-2-4-14(22)5-3-12)20(29)28-16(6-13-7-17(13)28)10-26-21-24-8-15(23)9-25-21/h2-5,8-9,13,16-17H,6-7,10H2,1H3,(H,24,25,26)/t13-,16+,17+/m1/s1. The molecule has 0 radical (unpaired) electrons. The predicted octanol–water partition coefficient (Wildman–Crippen LogP) is 5.15. The molecular weight excluding hydrogens is 530 g/mol. The lowest BCUT2D eigenvalue weighted by molar-refractivity contribution is 0.0704. The molecule has 3 aromatic rings. The number of nitrogens with one attached hydrogen (secondary N) is 1. The van der Waals surface area contributed by atoms with Crippen LogP contribution < -0.4 is 5.32 Å². The minimum atomic E-state index is 0.0331. The van der Waals surface area contributed by atoms with Gasteiger partial charge < -0.3 is 10.2 Å². The zero-order chi connectivity index (χ0) is 20.8. The van der Waals surface area contributed by atoms with E-state index in [2.05, 4.69) is 52.1 Å². The number of likely N-dealkylation sites (tertiary alicyclic amines) is 1. The first kappa shape index (κ1) is 20.1. The molecule has 1 saturated carbocycles. The minimum absolute atomic E-state index is 0.0331. The van der Waals surface area contributed by atoms with Gasteiger partial charge in [0.1, 0.15) is 5.69 Å². The van der Waals surface area contributed by atoms with Crippen molar-refractivity contribution in [1.29, 1.82) is 0 Å². The normalized spacial score (nSPS) is 22.1. The highest BCUT2D eigenvalue weighted by atomic mass is 79.9. The monoisotopic (exact) mass is 547 g/mol. The van der Waals surface area contributed by atoms with Crippen LogP contribution in [0.25, 0.3) is 10.4 Å². The van der Waals surface area contributed by atoms with E-state index < -0.39 is 0 Å². The molecule has 154 valence electrons. The van der Waals surface area contributed by atoms with Gasteiger partial charge in [0.05, 0.1) is 20.4 Å². The van der Waals surface area contributed by atoms with E-state index in [4.69, 9.17) is 0 Å². The van der Waals surface area contributed by atoms with Crippen LogP contribution in [0.4, 0.5) is 5.95 Å². The SMILES string of the molecule is Cc1nc(C(=O)N2[C@H](CNc3ncc(Br)cn3)C[C@@H]3C[C@@H]32)c(-c2ccc(Br)cc2)s1. The molecule has 3 heterocycles. The Morgan fingerprint density at radius 2 is 1.90 bits per heavy atom. The number of piperidine rings is 1. The fourth-order valence-corrected chi connectivity index (χ4v) is 5.55. The molecule has 1 aromatic carbocycles. The second-order valence-electron chi connectivity index (χ2n) is 7.69. The summed E-state index contributed by atoms with van der Waals surface area (Å²) in [6.45, 7) is 2.59. The van der Waals surface area contributed by atoms with E-state index in [0.717, 1.165) is 37.2 Å². The molecule has 2 aromatic heterocycles. The number of rotatable bonds is 5. The number of aromatic nitrogens is 3. The average Bonchev–Trinajstić information content (AvgIpc) is 3.23. The van der Waals surface area contributed by atoms with Gasteiger partial charge in [-0.15, -0.1) is 11.3 Å². The lowest BCUT2D eigenvalue weighted by atomic mass is 10.1. The number of aryl methyl sites for hydroxylation is 1. The smallest absolute Gasteiger partial charge is 0.274 e. The number of fused-ring (bicyclic) bond motifs is 1. The molecule has 1 aliphatic carbocycles. The summed E-state index contributed by atoms with van der Waals surface area (Å²) in [5.74, 6) is 1.21. The molecule has 9 heteroatoms. The maximum atomic E-state index is 13.6.